The van der Waals surface area contributed by atoms with E-state index in [2.05, 4.69) is 0 Å². The molecular weight excluding hydrogens is 204 g/mol. The Balaban J connectivity index is 2.87. The van der Waals surface area contributed by atoms with E-state index in [1.165, 1.54) is 0 Å². The molecule has 16 heavy (non-hydrogen) atoms. The summed E-state index contributed by atoms with van der Waals surface area (Å²) >= 11 is 0. The summed E-state index contributed by atoms with van der Waals surface area (Å²) in [4.78, 5) is 10.6. The normalized spacial score (nSPS) is 14.5. The molecule has 0 aliphatic heterocycles. The van der Waals surface area contributed by atoms with E-state index in [9.17, 15) is 9.90 Å². The summed E-state index contributed by atoms with van der Waals surface area (Å²) in [7, 11) is 0. The van der Waals surface area contributed by atoms with Gasteiger partial charge in [-0.15, -0.1) is 0 Å². The number of hydrogen-bond acceptors (Lipinski definition) is 2. The van der Waals surface area contributed by atoms with E-state index in [0.717, 1.165) is 16.7 Å². The average molecular weight is 222 g/mol. The number of aliphatic hydroxyl groups is 1. The molecule has 1 rings (SSSR count). The predicted molar refractivity (Wildman–Crippen MR) is 62.3 cm³/mol. The fraction of sp³-hybridized carbons (Fsp3) is 0.462. The molecule has 0 aromatic heterocycles. The van der Waals surface area contributed by atoms with Gasteiger partial charge < -0.3 is 10.2 Å². The predicted octanol–water partition coefficient (Wildman–Crippen LogP) is 2.45. The van der Waals surface area contributed by atoms with Crippen LogP contribution in [0.25, 0.3) is 0 Å². The van der Waals surface area contributed by atoms with Crippen LogP contribution in [0.3, 0.4) is 0 Å². The minimum absolute atomic E-state index is 0.0194. The first kappa shape index (κ1) is 12.7. The van der Waals surface area contributed by atoms with Gasteiger partial charge in [-0.1, -0.05) is 30.7 Å². The lowest BCUT2D eigenvalue weighted by Gasteiger charge is -2.19. The molecule has 0 heterocycles. The molecule has 88 valence electrons. The van der Waals surface area contributed by atoms with Gasteiger partial charge in [0.1, 0.15) is 0 Å². The molecule has 3 nitrogen and oxygen atoms in total. The highest BCUT2D eigenvalue weighted by Crippen LogP contribution is 2.27. The first-order chi connectivity index (χ1) is 7.41. The number of carboxylic acids is 1. The molecule has 0 aliphatic carbocycles. The molecule has 0 bridgehead atoms. The minimum atomic E-state index is -0.878. The van der Waals surface area contributed by atoms with E-state index in [1.807, 2.05) is 32.0 Å². The van der Waals surface area contributed by atoms with E-state index >= 15 is 0 Å². The van der Waals surface area contributed by atoms with Gasteiger partial charge in [0.25, 0.3) is 0 Å². The van der Waals surface area contributed by atoms with Crippen molar-refractivity contribution in [1.82, 2.24) is 0 Å². The van der Waals surface area contributed by atoms with Crippen molar-refractivity contribution in [2.45, 2.75) is 33.3 Å². The van der Waals surface area contributed by atoms with Crippen LogP contribution in [0.15, 0.2) is 18.2 Å². The van der Waals surface area contributed by atoms with Gasteiger partial charge >= 0.3 is 5.97 Å². The van der Waals surface area contributed by atoms with Gasteiger partial charge in [0.05, 0.1) is 12.5 Å². The van der Waals surface area contributed by atoms with Crippen molar-refractivity contribution in [2.75, 3.05) is 0 Å². The maximum atomic E-state index is 10.6. The topological polar surface area (TPSA) is 57.5 Å². The summed E-state index contributed by atoms with van der Waals surface area (Å²) in [5, 5.41) is 18.7. The number of aliphatic hydroxyl groups excluding tert-OH is 1. The van der Waals surface area contributed by atoms with E-state index in [-0.39, 0.29) is 12.3 Å². The van der Waals surface area contributed by atoms with Gasteiger partial charge in [-0.3, -0.25) is 4.79 Å². The largest absolute Gasteiger partial charge is 0.481 e. The Morgan fingerprint density at radius 2 is 2.00 bits per heavy atom. The highest BCUT2D eigenvalue weighted by Gasteiger charge is 2.20. The number of hydrogen-bond donors (Lipinski definition) is 2. The summed E-state index contributed by atoms with van der Waals surface area (Å²) < 4.78 is 0. The summed E-state index contributed by atoms with van der Waals surface area (Å²) in [6.45, 7) is 5.67. The summed E-state index contributed by atoms with van der Waals surface area (Å²) in [6, 6.07) is 5.79. The maximum Gasteiger partial charge on any atom is 0.303 e. The number of aliphatic carboxylic acids is 1. The Morgan fingerprint density at radius 3 is 2.50 bits per heavy atom. The van der Waals surface area contributed by atoms with Crippen LogP contribution >= 0.6 is 0 Å². The van der Waals surface area contributed by atoms with Crippen molar-refractivity contribution >= 4 is 5.97 Å². The molecule has 1 aromatic rings. The lowest BCUT2D eigenvalue weighted by atomic mass is 9.91. The molecule has 0 amide bonds. The van der Waals surface area contributed by atoms with Gasteiger partial charge in [0.15, 0.2) is 0 Å². The Morgan fingerprint density at radius 1 is 1.38 bits per heavy atom. The van der Waals surface area contributed by atoms with Crippen molar-refractivity contribution in [3.05, 3.63) is 34.9 Å². The maximum absolute atomic E-state index is 10.6. The molecule has 2 unspecified atom stereocenters. The van der Waals surface area contributed by atoms with Crippen molar-refractivity contribution in [1.29, 1.82) is 0 Å². The molecule has 0 fully saturated rings. The third kappa shape index (κ3) is 3.07. The van der Waals surface area contributed by atoms with Gasteiger partial charge in [-0.05, 0) is 30.9 Å². The fourth-order valence-electron chi connectivity index (χ4n) is 1.85. The Hall–Kier alpha value is -1.35. The lowest BCUT2D eigenvalue weighted by Crippen LogP contribution is -2.14. The number of carbonyl (C=O) groups is 1. The zero-order valence-corrected chi connectivity index (χ0v) is 9.90. The smallest absolute Gasteiger partial charge is 0.303 e. The number of carboxylic acid groups (broad SMARTS) is 1. The molecule has 0 radical (unpaired) electrons. The SMILES string of the molecule is Cc1ccc(C(O)C(C)CC(=O)O)c(C)c1. The standard InChI is InChI=1S/C13H18O3/c1-8-4-5-11(9(2)6-8)13(16)10(3)7-12(14)15/h4-6,10,13,16H,7H2,1-3H3,(H,14,15). The highest BCUT2D eigenvalue weighted by molar-refractivity contribution is 5.67. The van der Waals surface area contributed by atoms with Crippen LogP contribution in [-0.4, -0.2) is 16.2 Å². The Kier molecular flexibility index (Phi) is 4.07. The first-order valence-corrected chi connectivity index (χ1v) is 5.39. The van der Waals surface area contributed by atoms with Crippen LogP contribution in [0.1, 0.15) is 36.1 Å². The molecule has 0 spiro atoms. The van der Waals surface area contributed by atoms with E-state index in [0.29, 0.717) is 0 Å². The van der Waals surface area contributed by atoms with Gasteiger partial charge in [-0.2, -0.15) is 0 Å². The van der Waals surface area contributed by atoms with Crippen molar-refractivity contribution in [3.8, 4) is 0 Å². The Labute approximate surface area is 95.7 Å². The zero-order valence-electron chi connectivity index (χ0n) is 9.90. The van der Waals surface area contributed by atoms with Crippen LogP contribution in [-0.2, 0) is 4.79 Å². The van der Waals surface area contributed by atoms with Gasteiger partial charge in [0, 0.05) is 0 Å². The monoisotopic (exact) mass is 222 g/mol. The first-order valence-electron chi connectivity index (χ1n) is 5.39. The van der Waals surface area contributed by atoms with Gasteiger partial charge in [0.2, 0.25) is 0 Å². The van der Waals surface area contributed by atoms with Crippen LogP contribution in [0.2, 0.25) is 0 Å². The second-order valence-corrected chi connectivity index (χ2v) is 4.38. The van der Waals surface area contributed by atoms with Crippen LogP contribution in [0.5, 0.6) is 0 Å². The summed E-state index contributed by atoms with van der Waals surface area (Å²) in [5.41, 5.74) is 2.96. The van der Waals surface area contributed by atoms with E-state index in [1.54, 1.807) is 6.92 Å². The molecule has 0 saturated carbocycles. The molecule has 2 atom stereocenters. The number of benzene rings is 1. The Bertz CT molecular complexity index is 385. The lowest BCUT2D eigenvalue weighted by molar-refractivity contribution is -0.139. The van der Waals surface area contributed by atoms with Gasteiger partial charge in [-0.25, -0.2) is 0 Å². The van der Waals surface area contributed by atoms with E-state index in [4.69, 9.17) is 5.11 Å². The third-order valence-electron chi connectivity index (χ3n) is 2.78. The van der Waals surface area contributed by atoms with Crippen molar-refractivity contribution in [3.63, 3.8) is 0 Å². The van der Waals surface area contributed by atoms with Crippen LogP contribution in [0.4, 0.5) is 0 Å². The fourth-order valence-corrected chi connectivity index (χ4v) is 1.85. The molecule has 0 saturated heterocycles. The molecular formula is C13H18O3. The second-order valence-electron chi connectivity index (χ2n) is 4.38. The molecule has 0 aliphatic rings. The summed E-state index contributed by atoms with van der Waals surface area (Å²) in [5.74, 6) is -1.16. The van der Waals surface area contributed by atoms with Crippen LogP contribution in [0, 0.1) is 19.8 Å². The van der Waals surface area contributed by atoms with Crippen molar-refractivity contribution < 1.29 is 15.0 Å². The molecule has 1 aromatic carbocycles. The third-order valence-corrected chi connectivity index (χ3v) is 2.78. The van der Waals surface area contributed by atoms with Crippen molar-refractivity contribution in [2.24, 2.45) is 5.92 Å². The second kappa shape index (κ2) is 5.12. The molecule has 2 N–H and O–H groups in total. The van der Waals surface area contributed by atoms with E-state index < -0.39 is 12.1 Å². The zero-order chi connectivity index (χ0) is 12.3. The number of rotatable bonds is 4. The average Bonchev–Trinajstić information content (AvgIpc) is 2.15. The minimum Gasteiger partial charge on any atom is -0.481 e. The number of aryl methyl sites for hydroxylation is 2. The molecule has 3 heteroatoms. The highest BCUT2D eigenvalue weighted by atomic mass is 16.4. The van der Waals surface area contributed by atoms with Crippen LogP contribution < -0.4 is 0 Å². The summed E-state index contributed by atoms with van der Waals surface area (Å²) in [6.07, 6.45) is -0.731. The quantitative estimate of drug-likeness (QED) is 0.822.